The van der Waals surface area contributed by atoms with Crippen molar-refractivity contribution < 1.29 is 65.3 Å². The first-order valence-corrected chi connectivity index (χ1v) is 29.3. The van der Waals surface area contributed by atoms with E-state index in [9.17, 15) is 37.2 Å². The largest absolute Gasteiger partial charge is 0.511 e. The van der Waals surface area contributed by atoms with Crippen LogP contribution in [-0.4, -0.2) is 112 Å². The van der Waals surface area contributed by atoms with Crippen LogP contribution >= 0.6 is 35.0 Å². The first-order valence-electron chi connectivity index (χ1n) is 25.6. The number of halogens is 2. The lowest BCUT2D eigenvalue weighted by Gasteiger charge is -2.36. The SMILES string of the molecule is CC(=O)N[C@@H](CSC(c1ccccc1)(c1ccccc1)c1ccccc1)C(=O)OCCOCCOC(=O)OC(C)OC(=O)[C@H](Cc1cccc(S(C)(=O)=O)c1)NC(=O)c1c(Cl)cc2c(c1Cl)CCN(C(=O)c1ccc3ccoc3c1)C2. The summed E-state index contributed by atoms with van der Waals surface area (Å²) in [6.07, 6.45) is -0.211. The molecule has 0 saturated carbocycles. The second kappa shape index (κ2) is 27.2. The summed E-state index contributed by atoms with van der Waals surface area (Å²) in [6, 6.07) is 41.5. The fraction of sp³-hybridized carbons (Fsp3) is 0.267. The van der Waals surface area contributed by atoms with Gasteiger partial charge in [0.25, 0.3) is 11.8 Å². The van der Waals surface area contributed by atoms with Gasteiger partial charge in [0.15, 0.2) is 9.84 Å². The van der Waals surface area contributed by atoms with E-state index in [1.165, 1.54) is 43.8 Å². The molecule has 0 fully saturated rings. The number of nitrogens with zero attached hydrogens (tertiary/aromatic N) is 1. The first-order chi connectivity index (χ1) is 38.9. The van der Waals surface area contributed by atoms with E-state index in [1.807, 2.05) is 91.0 Å². The Balaban J connectivity index is 0.834. The summed E-state index contributed by atoms with van der Waals surface area (Å²) in [6.45, 7) is 2.24. The maximum Gasteiger partial charge on any atom is 0.511 e. The number of nitrogens with one attached hydrogen (secondary N) is 2. The number of ether oxygens (including phenoxy) is 5. The number of hydrogen-bond acceptors (Lipinski definition) is 15. The average molecular weight is 1180 g/mol. The van der Waals surface area contributed by atoms with Crippen LogP contribution in [0.4, 0.5) is 4.79 Å². The number of esters is 2. The van der Waals surface area contributed by atoms with Crippen molar-refractivity contribution in [1.29, 1.82) is 0 Å². The summed E-state index contributed by atoms with van der Waals surface area (Å²) < 4.78 is 56.4. The van der Waals surface area contributed by atoms with E-state index in [0.29, 0.717) is 27.8 Å². The molecule has 2 N–H and O–H groups in total. The molecular weight excluding hydrogens is 1120 g/mol. The molecule has 17 nitrogen and oxygen atoms in total. The number of carbonyl (C=O) groups is 6. The average Bonchev–Trinajstić information content (AvgIpc) is 3.94. The number of thioether (sulfide) groups is 1. The van der Waals surface area contributed by atoms with E-state index in [-0.39, 0.29) is 84.5 Å². The lowest BCUT2D eigenvalue weighted by atomic mass is 9.84. The topological polar surface area (TPSA) is 223 Å². The van der Waals surface area contributed by atoms with E-state index in [1.54, 1.807) is 47.6 Å². The predicted octanol–water partition coefficient (Wildman–Crippen LogP) is 9.51. The molecule has 1 aliphatic rings. The van der Waals surface area contributed by atoms with Crippen molar-refractivity contribution in [3.8, 4) is 0 Å². The van der Waals surface area contributed by atoms with E-state index in [0.717, 1.165) is 28.3 Å². The van der Waals surface area contributed by atoms with Gasteiger partial charge in [-0.3, -0.25) is 14.4 Å². The van der Waals surface area contributed by atoms with Crippen LogP contribution in [0.15, 0.2) is 161 Å². The van der Waals surface area contributed by atoms with Crippen molar-refractivity contribution in [2.75, 3.05) is 45.0 Å². The number of rotatable bonds is 23. The molecule has 0 spiro atoms. The molecule has 7 aromatic rings. The number of carbonyl (C=O) groups excluding carboxylic acids is 6. The Kier molecular flexibility index (Phi) is 20.0. The lowest BCUT2D eigenvalue weighted by Crippen LogP contribution is -2.45. The van der Waals surface area contributed by atoms with Crippen molar-refractivity contribution in [1.82, 2.24) is 15.5 Å². The van der Waals surface area contributed by atoms with Crippen molar-refractivity contribution in [2.45, 2.75) is 61.3 Å². The summed E-state index contributed by atoms with van der Waals surface area (Å²) in [5.74, 6) is -3.11. The van der Waals surface area contributed by atoms with Gasteiger partial charge in [-0.05, 0) is 76.2 Å². The van der Waals surface area contributed by atoms with Gasteiger partial charge in [-0.25, -0.2) is 22.8 Å². The molecule has 81 heavy (non-hydrogen) atoms. The fourth-order valence-electron chi connectivity index (χ4n) is 9.28. The molecule has 6 aromatic carbocycles. The highest BCUT2D eigenvalue weighted by molar-refractivity contribution is 8.00. The third kappa shape index (κ3) is 15.0. The van der Waals surface area contributed by atoms with Crippen LogP contribution in [-0.2, 0) is 72.0 Å². The smallest absolute Gasteiger partial charge is 0.464 e. The van der Waals surface area contributed by atoms with Crippen molar-refractivity contribution in [2.24, 2.45) is 0 Å². The Bertz CT molecular complexity index is 3420. The van der Waals surface area contributed by atoms with Gasteiger partial charge in [0.1, 0.15) is 30.9 Å². The number of benzene rings is 6. The van der Waals surface area contributed by atoms with Crippen LogP contribution in [0.25, 0.3) is 11.0 Å². The second-order valence-corrected chi connectivity index (χ2v) is 22.9. The van der Waals surface area contributed by atoms with Gasteiger partial charge in [0.05, 0.1) is 44.7 Å². The molecule has 0 saturated heterocycles. The van der Waals surface area contributed by atoms with Gasteiger partial charge in [-0.2, -0.15) is 0 Å². The third-order valence-corrected chi connectivity index (χ3v) is 16.6. The van der Waals surface area contributed by atoms with Crippen LogP contribution in [0.1, 0.15) is 67.9 Å². The van der Waals surface area contributed by atoms with E-state index in [4.69, 9.17) is 51.3 Å². The van der Waals surface area contributed by atoms with Crippen LogP contribution in [0.2, 0.25) is 10.0 Å². The maximum absolute atomic E-state index is 14.1. The zero-order valence-corrected chi connectivity index (χ0v) is 47.4. The highest BCUT2D eigenvalue weighted by Gasteiger charge is 2.39. The van der Waals surface area contributed by atoms with Crippen molar-refractivity contribution in [3.63, 3.8) is 0 Å². The van der Waals surface area contributed by atoms with Gasteiger partial charge in [0, 0.05) is 56.3 Å². The third-order valence-electron chi connectivity index (χ3n) is 13.1. The first kappa shape index (κ1) is 59.4. The molecule has 21 heteroatoms. The van der Waals surface area contributed by atoms with E-state index < -0.39 is 62.9 Å². The summed E-state index contributed by atoms with van der Waals surface area (Å²) in [5, 5.41) is 6.16. The van der Waals surface area contributed by atoms with Gasteiger partial charge in [0.2, 0.25) is 12.2 Å². The molecule has 1 aromatic heterocycles. The van der Waals surface area contributed by atoms with Crippen LogP contribution in [0.5, 0.6) is 0 Å². The lowest BCUT2D eigenvalue weighted by molar-refractivity contribution is -0.170. The number of hydrogen-bond donors (Lipinski definition) is 2. The standard InChI is InChI=1S/C60H57Cl2N3O14S2/c1-38(66)63-51(37-80-60(44-15-7-4-8-16-44,45-17-9-5-10-18-45)46-19-11-6-12-20-46)57(69)76-30-28-74-29-31-77-59(71)79-39(2)78-58(70)50(33-40-14-13-21-47(32-40)81(3,72)73)64-55(67)53-49(61)34-43-36-65(26-24-48(43)54(53)62)56(68)42-23-22-41-25-27-75-52(41)35-42/h4-23,25,27,32,34-35,39,50-51H,24,26,28-31,33,36-37H2,1-3H3,(H,63,66)(H,64,67)/t39?,50-,51-/m0/s1. The van der Waals surface area contributed by atoms with Crippen LogP contribution in [0.3, 0.4) is 0 Å². The molecule has 8 rings (SSSR count). The van der Waals surface area contributed by atoms with Crippen LogP contribution in [0, 0.1) is 0 Å². The monoisotopic (exact) mass is 1180 g/mol. The number of fused-ring (bicyclic) bond motifs is 2. The molecular formula is C60H57Cl2N3O14S2. The number of furan rings is 1. The Morgan fingerprint density at radius 3 is 2.00 bits per heavy atom. The molecule has 2 heterocycles. The van der Waals surface area contributed by atoms with Gasteiger partial charge in [-0.1, -0.05) is 132 Å². The zero-order chi connectivity index (χ0) is 57.7. The molecule has 3 amide bonds. The maximum atomic E-state index is 14.1. The summed E-state index contributed by atoms with van der Waals surface area (Å²) >= 11 is 15.1. The van der Waals surface area contributed by atoms with E-state index >= 15 is 0 Å². The van der Waals surface area contributed by atoms with Crippen molar-refractivity contribution >= 4 is 91.6 Å². The Morgan fingerprint density at radius 1 is 0.728 bits per heavy atom. The molecule has 3 atom stereocenters. The Morgan fingerprint density at radius 2 is 1.37 bits per heavy atom. The minimum Gasteiger partial charge on any atom is -0.464 e. The van der Waals surface area contributed by atoms with E-state index in [2.05, 4.69) is 10.6 Å². The fourth-order valence-corrected chi connectivity index (χ4v) is 12.3. The number of amides is 3. The summed E-state index contributed by atoms with van der Waals surface area (Å²) in [5.41, 5.74) is 5.32. The molecule has 0 aliphatic carbocycles. The van der Waals surface area contributed by atoms with Crippen molar-refractivity contribution in [3.05, 3.63) is 206 Å². The normalized spacial score (nSPS) is 13.5. The summed E-state index contributed by atoms with van der Waals surface area (Å²) in [4.78, 5) is 81.7. The quantitative estimate of drug-likeness (QED) is 0.0200. The predicted molar refractivity (Wildman–Crippen MR) is 305 cm³/mol. The zero-order valence-electron chi connectivity index (χ0n) is 44.3. The van der Waals surface area contributed by atoms with Gasteiger partial charge in [-0.15, -0.1) is 11.8 Å². The summed E-state index contributed by atoms with van der Waals surface area (Å²) in [7, 11) is -3.67. The highest BCUT2D eigenvalue weighted by atomic mass is 35.5. The van der Waals surface area contributed by atoms with Gasteiger partial charge >= 0.3 is 18.1 Å². The highest BCUT2D eigenvalue weighted by Crippen LogP contribution is 2.48. The Hall–Kier alpha value is -7.68. The second-order valence-electron chi connectivity index (χ2n) is 18.8. The minimum absolute atomic E-state index is 0.0179. The minimum atomic E-state index is -3.67. The number of sulfone groups is 1. The van der Waals surface area contributed by atoms with Crippen LogP contribution < -0.4 is 10.6 Å². The Labute approximate surface area is 482 Å². The molecule has 422 valence electrons. The van der Waals surface area contributed by atoms with Gasteiger partial charge < -0.3 is 43.6 Å². The molecule has 0 bridgehead atoms. The molecule has 1 aliphatic heterocycles. The molecule has 0 radical (unpaired) electrons. The molecule has 1 unspecified atom stereocenters.